The molecule has 2 rings (SSSR count). The van der Waals surface area contributed by atoms with E-state index in [1.165, 1.54) is 45.6 Å². The van der Waals surface area contributed by atoms with Gasteiger partial charge in [-0.1, -0.05) is 0 Å². The molecule has 0 radical (unpaired) electrons. The van der Waals surface area contributed by atoms with Crippen molar-refractivity contribution < 1.29 is 5.11 Å². The number of nitrogens with one attached hydrogen (secondary N) is 1. The van der Waals surface area contributed by atoms with Crippen molar-refractivity contribution in [1.29, 1.82) is 0 Å². The summed E-state index contributed by atoms with van der Waals surface area (Å²) in [7, 11) is 0. The standard InChI is InChI=1S/C12H25N3O/c16-9-8-14-4-6-15(7-5-14)11-12-2-1-3-13-10-12/h12-13,16H,1-11H2/t12-/m0/s1. The highest BCUT2D eigenvalue weighted by Gasteiger charge is 2.20. The lowest BCUT2D eigenvalue weighted by Gasteiger charge is -2.37. The second kappa shape index (κ2) is 6.55. The lowest BCUT2D eigenvalue weighted by Crippen LogP contribution is -2.49. The molecule has 0 aromatic heterocycles. The van der Waals surface area contributed by atoms with Crippen molar-refractivity contribution in [3.05, 3.63) is 0 Å². The van der Waals surface area contributed by atoms with Crippen LogP contribution in [0.5, 0.6) is 0 Å². The molecule has 0 spiro atoms. The molecule has 2 N–H and O–H groups in total. The largest absolute Gasteiger partial charge is 0.395 e. The molecular weight excluding hydrogens is 202 g/mol. The first kappa shape index (κ1) is 12.3. The highest BCUT2D eigenvalue weighted by atomic mass is 16.3. The zero-order valence-corrected chi connectivity index (χ0v) is 10.2. The Morgan fingerprint density at radius 3 is 2.50 bits per heavy atom. The molecule has 0 amide bonds. The number of hydrogen-bond donors (Lipinski definition) is 2. The van der Waals surface area contributed by atoms with Crippen molar-refractivity contribution in [2.24, 2.45) is 5.92 Å². The number of aliphatic hydroxyl groups is 1. The first-order chi connectivity index (χ1) is 7.88. The van der Waals surface area contributed by atoms with Gasteiger partial charge in [0.15, 0.2) is 0 Å². The zero-order valence-electron chi connectivity index (χ0n) is 10.2. The van der Waals surface area contributed by atoms with Gasteiger partial charge in [0.2, 0.25) is 0 Å². The summed E-state index contributed by atoms with van der Waals surface area (Å²) in [6, 6.07) is 0. The van der Waals surface area contributed by atoms with Crippen LogP contribution in [0.4, 0.5) is 0 Å². The third-order valence-corrected chi connectivity index (χ3v) is 3.80. The smallest absolute Gasteiger partial charge is 0.0558 e. The molecule has 94 valence electrons. The van der Waals surface area contributed by atoms with Gasteiger partial charge in [0, 0.05) is 39.3 Å². The lowest BCUT2D eigenvalue weighted by molar-refractivity contribution is 0.0976. The Kier molecular flexibility index (Phi) is 5.03. The normalized spacial score (nSPS) is 29.4. The fourth-order valence-electron chi connectivity index (χ4n) is 2.78. The monoisotopic (exact) mass is 227 g/mol. The molecule has 0 aromatic carbocycles. The highest BCUT2D eigenvalue weighted by molar-refractivity contribution is 4.77. The fourth-order valence-corrected chi connectivity index (χ4v) is 2.78. The third-order valence-electron chi connectivity index (χ3n) is 3.80. The Balaban J connectivity index is 1.64. The fraction of sp³-hybridized carbons (Fsp3) is 1.00. The number of hydrogen-bond acceptors (Lipinski definition) is 4. The molecule has 2 fully saturated rings. The van der Waals surface area contributed by atoms with Gasteiger partial charge in [0.25, 0.3) is 0 Å². The predicted molar refractivity (Wildman–Crippen MR) is 65.6 cm³/mol. The number of rotatable bonds is 4. The minimum absolute atomic E-state index is 0.298. The van der Waals surface area contributed by atoms with Gasteiger partial charge in [0.1, 0.15) is 0 Å². The summed E-state index contributed by atoms with van der Waals surface area (Å²) in [6.45, 7) is 9.43. The van der Waals surface area contributed by atoms with Crippen LogP contribution in [0, 0.1) is 5.92 Å². The third kappa shape index (κ3) is 3.70. The average Bonchev–Trinajstić information content (AvgIpc) is 2.33. The number of piperidine rings is 1. The molecule has 4 nitrogen and oxygen atoms in total. The molecule has 16 heavy (non-hydrogen) atoms. The van der Waals surface area contributed by atoms with E-state index in [9.17, 15) is 0 Å². The van der Waals surface area contributed by atoms with Crippen LogP contribution in [0.25, 0.3) is 0 Å². The van der Waals surface area contributed by atoms with Gasteiger partial charge in [-0.3, -0.25) is 4.90 Å². The number of piperazine rings is 1. The van der Waals surface area contributed by atoms with Gasteiger partial charge in [-0.25, -0.2) is 0 Å². The number of aliphatic hydroxyl groups excluding tert-OH is 1. The molecular formula is C12H25N3O. The van der Waals surface area contributed by atoms with Gasteiger partial charge in [0.05, 0.1) is 6.61 Å². The Labute approximate surface area is 98.6 Å². The predicted octanol–water partition coefficient (Wildman–Crippen LogP) is -0.404. The Bertz CT molecular complexity index is 187. The van der Waals surface area contributed by atoms with Crippen LogP contribution in [0.3, 0.4) is 0 Å². The zero-order chi connectivity index (χ0) is 11.2. The first-order valence-electron chi connectivity index (χ1n) is 6.65. The van der Waals surface area contributed by atoms with Crippen molar-refractivity contribution in [1.82, 2.24) is 15.1 Å². The quantitative estimate of drug-likeness (QED) is 0.685. The maximum atomic E-state index is 8.88. The molecule has 0 bridgehead atoms. The van der Waals surface area contributed by atoms with Gasteiger partial charge < -0.3 is 15.3 Å². The number of nitrogens with zero attached hydrogens (tertiary/aromatic N) is 2. The summed E-state index contributed by atoms with van der Waals surface area (Å²) in [6.07, 6.45) is 2.74. The number of β-amino-alcohol motifs (C(OH)–C–C–N with tert-alkyl or cyclic N) is 1. The van der Waals surface area contributed by atoms with Gasteiger partial charge in [-0.05, 0) is 31.8 Å². The molecule has 0 unspecified atom stereocenters. The molecule has 2 saturated heterocycles. The summed E-state index contributed by atoms with van der Waals surface area (Å²) >= 11 is 0. The van der Waals surface area contributed by atoms with E-state index in [4.69, 9.17) is 5.11 Å². The van der Waals surface area contributed by atoms with E-state index in [2.05, 4.69) is 15.1 Å². The van der Waals surface area contributed by atoms with Crippen LogP contribution in [0.1, 0.15) is 12.8 Å². The van der Waals surface area contributed by atoms with E-state index in [1.807, 2.05) is 0 Å². The van der Waals surface area contributed by atoms with Crippen LogP contribution >= 0.6 is 0 Å². The van der Waals surface area contributed by atoms with Gasteiger partial charge in [-0.2, -0.15) is 0 Å². The van der Waals surface area contributed by atoms with Crippen molar-refractivity contribution in [3.8, 4) is 0 Å². The van der Waals surface area contributed by atoms with Crippen LogP contribution in [0.15, 0.2) is 0 Å². The maximum Gasteiger partial charge on any atom is 0.0558 e. The molecule has 0 saturated carbocycles. The summed E-state index contributed by atoms with van der Waals surface area (Å²) in [5.41, 5.74) is 0. The summed E-state index contributed by atoms with van der Waals surface area (Å²) < 4.78 is 0. The van der Waals surface area contributed by atoms with E-state index >= 15 is 0 Å². The summed E-state index contributed by atoms with van der Waals surface area (Å²) in [5, 5.41) is 12.4. The van der Waals surface area contributed by atoms with E-state index < -0.39 is 0 Å². The minimum atomic E-state index is 0.298. The summed E-state index contributed by atoms with van der Waals surface area (Å²) in [4.78, 5) is 4.95. The van der Waals surface area contributed by atoms with Crippen molar-refractivity contribution in [3.63, 3.8) is 0 Å². The van der Waals surface area contributed by atoms with Gasteiger partial charge in [-0.15, -0.1) is 0 Å². The molecule has 2 aliphatic rings. The molecule has 0 aliphatic carbocycles. The Morgan fingerprint density at radius 1 is 1.12 bits per heavy atom. The lowest BCUT2D eigenvalue weighted by atomic mass is 9.99. The van der Waals surface area contributed by atoms with E-state index in [1.54, 1.807) is 0 Å². The molecule has 2 heterocycles. The van der Waals surface area contributed by atoms with E-state index in [0.717, 1.165) is 25.6 Å². The highest BCUT2D eigenvalue weighted by Crippen LogP contribution is 2.13. The van der Waals surface area contributed by atoms with E-state index in [0.29, 0.717) is 6.61 Å². The molecule has 2 aliphatic heterocycles. The van der Waals surface area contributed by atoms with Crippen LogP contribution < -0.4 is 5.32 Å². The minimum Gasteiger partial charge on any atom is -0.395 e. The van der Waals surface area contributed by atoms with E-state index in [-0.39, 0.29) is 0 Å². The van der Waals surface area contributed by atoms with Crippen LogP contribution in [0.2, 0.25) is 0 Å². The van der Waals surface area contributed by atoms with Crippen molar-refractivity contribution >= 4 is 0 Å². The summed E-state index contributed by atoms with van der Waals surface area (Å²) in [5.74, 6) is 0.859. The van der Waals surface area contributed by atoms with Crippen molar-refractivity contribution in [2.45, 2.75) is 12.8 Å². The SMILES string of the molecule is OCCN1CCN(C[C@H]2CCCNC2)CC1. The van der Waals surface area contributed by atoms with Gasteiger partial charge >= 0.3 is 0 Å². The van der Waals surface area contributed by atoms with Crippen molar-refractivity contribution in [2.75, 3.05) is 59.0 Å². The molecule has 4 heteroatoms. The molecule has 0 aromatic rings. The van der Waals surface area contributed by atoms with Crippen LogP contribution in [-0.4, -0.2) is 73.9 Å². The Morgan fingerprint density at radius 2 is 1.88 bits per heavy atom. The molecule has 1 atom stereocenters. The topological polar surface area (TPSA) is 38.7 Å². The Hall–Kier alpha value is -0.160. The average molecular weight is 227 g/mol. The second-order valence-corrected chi connectivity index (χ2v) is 5.08. The first-order valence-corrected chi connectivity index (χ1v) is 6.65. The second-order valence-electron chi connectivity index (χ2n) is 5.08. The maximum absolute atomic E-state index is 8.88. The van der Waals surface area contributed by atoms with Crippen LogP contribution in [-0.2, 0) is 0 Å².